The summed E-state index contributed by atoms with van der Waals surface area (Å²) in [5.74, 6) is 0.715. The van der Waals surface area contributed by atoms with E-state index in [1.165, 1.54) is 71.4 Å². The summed E-state index contributed by atoms with van der Waals surface area (Å²) in [5, 5.41) is 7.37. The van der Waals surface area contributed by atoms with E-state index in [1.807, 2.05) is 6.07 Å². The van der Waals surface area contributed by atoms with Crippen molar-refractivity contribution in [2.24, 2.45) is 0 Å². The first-order valence-corrected chi connectivity index (χ1v) is 19.7. The molecule has 0 N–H and O–H groups in total. The zero-order chi connectivity index (χ0) is 38.1. The molecule has 268 valence electrons. The first kappa shape index (κ1) is 33.2. The van der Waals surface area contributed by atoms with Crippen LogP contribution in [0.5, 0.6) is 0 Å². The molecule has 0 aliphatic heterocycles. The fourth-order valence-electron chi connectivity index (χ4n) is 9.23. The van der Waals surface area contributed by atoms with Gasteiger partial charge in [-0.3, -0.25) is 0 Å². The summed E-state index contributed by atoms with van der Waals surface area (Å²) in [6.45, 7) is 4.70. The Hall–Kier alpha value is -7.16. The van der Waals surface area contributed by atoms with Crippen LogP contribution in [0.1, 0.15) is 25.0 Å². The Morgan fingerprint density at radius 1 is 0.333 bits per heavy atom. The van der Waals surface area contributed by atoms with Gasteiger partial charge in [0.1, 0.15) is 0 Å². The lowest BCUT2D eigenvalue weighted by molar-refractivity contribution is 0.661. The highest BCUT2D eigenvalue weighted by Gasteiger charge is 2.37. The van der Waals surface area contributed by atoms with Crippen molar-refractivity contribution in [1.29, 1.82) is 0 Å². The second-order valence-electron chi connectivity index (χ2n) is 15.7. The smallest absolute Gasteiger partial charge is 0.160 e. The number of hydrogen-bond acceptors (Lipinski definition) is 2. The largest absolute Gasteiger partial charge is 0.228 e. The van der Waals surface area contributed by atoms with Crippen LogP contribution in [0.4, 0.5) is 0 Å². The van der Waals surface area contributed by atoms with Gasteiger partial charge < -0.3 is 0 Å². The summed E-state index contributed by atoms with van der Waals surface area (Å²) in [5.41, 5.74) is 14.9. The Labute approximate surface area is 332 Å². The Morgan fingerprint density at radius 3 is 1.63 bits per heavy atom. The summed E-state index contributed by atoms with van der Waals surface area (Å²) in [6.07, 6.45) is 0. The molecule has 0 bridgehead atoms. The minimum Gasteiger partial charge on any atom is -0.228 e. The third-order valence-corrected chi connectivity index (χ3v) is 12.1. The minimum atomic E-state index is -0.153. The fraction of sp³-hybridized carbons (Fsp3) is 0.0545. The van der Waals surface area contributed by atoms with Gasteiger partial charge in [0.2, 0.25) is 0 Å². The molecule has 2 heteroatoms. The molecule has 0 amide bonds. The highest BCUT2D eigenvalue weighted by Crippen LogP contribution is 2.53. The van der Waals surface area contributed by atoms with E-state index >= 15 is 0 Å². The van der Waals surface area contributed by atoms with Gasteiger partial charge in [-0.1, -0.05) is 184 Å². The van der Waals surface area contributed by atoms with Crippen molar-refractivity contribution in [3.05, 3.63) is 205 Å². The average Bonchev–Trinajstić information content (AvgIpc) is 3.50. The molecule has 0 saturated carbocycles. The Bertz CT molecular complexity index is 3210. The van der Waals surface area contributed by atoms with Gasteiger partial charge >= 0.3 is 0 Å². The van der Waals surface area contributed by atoms with Gasteiger partial charge in [-0.2, -0.15) is 0 Å². The summed E-state index contributed by atoms with van der Waals surface area (Å²) in [6, 6.07) is 70.2. The van der Waals surface area contributed by atoms with E-state index < -0.39 is 0 Å². The third-order valence-electron chi connectivity index (χ3n) is 12.1. The molecular formula is C55H38N2. The van der Waals surface area contributed by atoms with Crippen LogP contribution in [0.15, 0.2) is 194 Å². The van der Waals surface area contributed by atoms with Gasteiger partial charge in [-0.05, 0) is 101 Å². The second kappa shape index (κ2) is 13.0. The van der Waals surface area contributed by atoms with E-state index in [9.17, 15) is 0 Å². The van der Waals surface area contributed by atoms with Gasteiger partial charge in [0, 0.05) is 22.1 Å². The molecule has 10 aromatic rings. The number of nitrogens with zero attached hydrogens (tertiary/aromatic N) is 2. The van der Waals surface area contributed by atoms with E-state index in [2.05, 4.69) is 202 Å². The van der Waals surface area contributed by atoms with Crippen molar-refractivity contribution in [3.8, 4) is 67.3 Å². The standard InChI is InChI=1S/C55H38N2/c1-55(2)49-28-14-27-47(53(49)48-32-37-18-6-7-19-38(37)33-50(48)55)52-34-51(56-54(57-52)36-16-4-3-5-17-36)46-30-29-43(44-24-10-11-25-45(44)46)40-22-12-21-39(31-40)42-26-13-20-35-15-8-9-23-41(35)42/h3-34H,1-2H3. The predicted octanol–water partition coefficient (Wildman–Crippen LogP) is 14.6. The highest BCUT2D eigenvalue weighted by molar-refractivity contribution is 6.06. The van der Waals surface area contributed by atoms with Gasteiger partial charge in [0.15, 0.2) is 5.82 Å². The molecule has 1 aliphatic carbocycles. The van der Waals surface area contributed by atoms with Crippen LogP contribution in [0.25, 0.3) is 99.6 Å². The summed E-state index contributed by atoms with van der Waals surface area (Å²) in [4.78, 5) is 10.7. The molecule has 0 fully saturated rings. The molecule has 9 aromatic carbocycles. The van der Waals surface area contributed by atoms with Crippen molar-refractivity contribution in [1.82, 2.24) is 9.97 Å². The van der Waals surface area contributed by atoms with Crippen LogP contribution in [0.2, 0.25) is 0 Å². The van der Waals surface area contributed by atoms with Crippen LogP contribution >= 0.6 is 0 Å². The molecule has 1 aromatic heterocycles. The lowest BCUT2D eigenvalue weighted by Gasteiger charge is -2.22. The lowest BCUT2D eigenvalue weighted by atomic mass is 9.81. The Kier molecular flexibility index (Phi) is 7.55. The number of rotatable bonds is 5. The number of benzene rings is 9. The maximum absolute atomic E-state index is 5.35. The van der Waals surface area contributed by atoms with E-state index in [0.29, 0.717) is 5.82 Å². The van der Waals surface area contributed by atoms with Crippen molar-refractivity contribution in [2.45, 2.75) is 19.3 Å². The maximum atomic E-state index is 5.35. The van der Waals surface area contributed by atoms with Crippen LogP contribution in [-0.2, 0) is 5.41 Å². The van der Waals surface area contributed by atoms with Crippen LogP contribution in [0, 0.1) is 0 Å². The van der Waals surface area contributed by atoms with Crippen molar-refractivity contribution in [3.63, 3.8) is 0 Å². The molecule has 0 radical (unpaired) electrons. The van der Waals surface area contributed by atoms with E-state index in [0.717, 1.165) is 33.5 Å². The summed E-state index contributed by atoms with van der Waals surface area (Å²) >= 11 is 0. The number of fused-ring (bicyclic) bond motifs is 6. The Morgan fingerprint density at radius 2 is 0.860 bits per heavy atom. The minimum absolute atomic E-state index is 0.153. The maximum Gasteiger partial charge on any atom is 0.160 e. The second-order valence-corrected chi connectivity index (χ2v) is 15.7. The number of hydrogen-bond donors (Lipinski definition) is 0. The molecule has 57 heavy (non-hydrogen) atoms. The van der Waals surface area contributed by atoms with Crippen LogP contribution in [0.3, 0.4) is 0 Å². The molecule has 0 unspecified atom stereocenters. The number of aromatic nitrogens is 2. The van der Waals surface area contributed by atoms with E-state index in [1.54, 1.807) is 0 Å². The predicted molar refractivity (Wildman–Crippen MR) is 239 cm³/mol. The normalized spacial score (nSPS) is 12.9. The highest BCUT2D eigenvalue weighted by atomic mass is 14.9. The van der Waals surface area contributed by atoms with Crippen LogP contribution < -0.4 is 0 Å². The SMILES string of the molecule is CC1(C)c2cc3ccccc3cc2-c2c(-c3cc(-c4ccc(-c5cccc(-c6cccc7ccccc67)c5)c5ccccc45)nc(-c4ccccc4)n3)cccc21. The third kappa shape index (κ3) is 5.40. The molecule has 1 aliphatic rings. The van der Waals surface area contributed by atoms with Gasteiger partial charge in [0.05, 0.1) is 11.4 Å². The average molecular weight is 727 g/mol. The summed E-state index contributed by atoms with van der Waals surface area (Å²) < 4.78 is 0. The van der Waals surface area contributed by atoms with Crippen LogP contribution in [-0.4, -0.2) is 9.97 Å². The monoisotopic (exact) mass is 726 g/mol. The fourth-order valence-corrected chi connectivity index (χ4v) is 9.23. The van der Waals surface area contributed by atoms with Gasteiger partial charge in [-0.15, -0.1) is 0 Å². The molecular weight excluding hydrogens is 689 g/mol. The molecule has 1 heterocycles. The van der Waals surface area contributed by atoms with E-state index in [4.69, 9.17) is 9.97 Å². The van der Waals surface area contributed by atoms with Gasteiger partial charge in [-0.25, -0.2) is 9.97 Å². The first-order chi connectivity index (χ1) is 28.0. The quantitative estimate of drug-likeness (QED) is 0.176. The van der Waals surface area contributed by atoms with Gasteiger partial charge in [0.25, 0.3) is 0 Å². The molecule has 11 rings (SSSR count). The first-order valence-electron chi connectivity index (χ1n) is 19.7. The molecule has 2 nitrogen and oxygen atoms in total. The summed E-state index contributed by atoms with van der Waals surface area (Å²) in [7, 11) is 0. The Balaban J connectivity index is 1.10. The molecule has 0 spiro atoms. The topological polar surface area (TPSA) is 25.8 Å². The van der Waals surface area contributed by atoms with E-state index in [-0.39, 0.29) is 5.41 Å². The van der Waals surface area contributed by atoms with Crippen molar-refractivity contribution >= 4 is 32.3 Å². The zero-order valence-electron chi connectivity index (χ0n) is 31.9. The molecule has 0 atom stereocenters. The van der Waals surface area contributed by atoms with Crippen molar-refractivity contribution in [2.75, 3.05) is 0 Å². The zero-order valence-corrected chi connectivity index (χ0v) is 31.9. The lowest BCUT2D eigenvalue weighted by Crippen LogP contribution is -2.14. The van der Waals surface area contributed by atoms with Crippen molar-refractivity contribution < 1.29 is 0 Å². The molecule has 0 saturated heterocycles.